The number of benzene rings is 8. The minimum Gasteiger partial charge on any atom is -0.507 e. The summed E-state index contributed by atoms with van der Waals surface area (Å²) in [6.07, 6.45) is 0.161. The first-order valence-corrected chi connectivity index (χ1v) is 23.3. The van der Waals surface area contributed by atoms with Gasteiger partial charge in [0.25, 0.3) is 0 Å². The van der Waals surface area contributed by atoms with Crippen LogP contribution in [0.1, 0.15) is 121 Å². The molecule has 8 aromatic carbocycles. The summed E-state index contributed by atoms with van der Waals surface area (Å²) in [4.78, 5) is 76.9. The number of ketones is 6. The van der Waals surface area contributed by atoms with E-state index >= 15 is 0 Å². The molecule has 390 valence electrons. The maximum Gasteiger partial charge on any atom is 0.198 e. The van der Waals surface area contributed by atoms with Crippen molar-refractivity contribution < 1.29 is 80.7 Å². The van der Waals surface area contributed by atoms with E-state index in [1.807, 2.05) is 27.7 Å². The zero-order valence-electron chi connectivity index (χ0n) is 41.5. The number of nitrogens with one attached hydrogen (secondary N) is 1. The Bertz CT molecular complexity index is 3630. The summed E-state index contributed by atoms with van der Waals surface area (Å²) in [5, 5.41) is 79.7. The largest absolute Gasteiger partial charge is 0.507 e. The number of carbonyl (C=O) groups excluding carboxylic acids is 6. The Morgan fingerprint density at radius 2 is 0.779 bits per heavy atom. The molecule has 0 aromatic heterocycles. The van der Waals surface area contributed by atoms with Crippen molar-refractivity contribution in [2.24, 2.45) is 0 Å². The summed E-state index contributed by atoms with van der Waals surface area (Å²) in [5.74, 6) is -2.99. The minimum atomic E-state index is -0.450. The van der Waals surface area contributed by atoms with E-state index in [-0.39, 0.29) is 130 Å². The topological polar surface area (TPSA) is 329 Å². The molecule has 0 spiro atoms. The number of anilines is 3. The van der Waals surface area contributed by atoms with E-state index in [0.717, 1.165) is 33.6 Å². The number of aromatic hydroxyl groups is 7. The van der Waals surface area contributed by atoms with E-state index in [2.05, 4.69) is 10.1 Å². The first-order valence-electron chi connectivity index (χ1n) is 23.3. The van der Waals surface area contributed by atoms with Crippen molar-refractivity contribution in [1.82, 2.24) is 0 Å². The molecule has 11 N–H and O–H groups in total. The van der Waals surface area contributed by atoms with Crippen LogP contribution in [0.3, 0.4) is 0 Å². The van der Waals surface area contributed by atoms with Crippen LogP contribution in [0.15, 0.2) is 121 Å². The van der Waals surface area contributed by atoms with Gasteiger partial charge in [0.2, 0.25) is 0 Å². The fourth-order valence-corrected chi connectivity index (χ4v) is 9.15. The van der Waals surface area contributed by atoms with Crippen LogP contribution >= 0.6 is 0 Å². The molecule has 3 aliphatic rings. The first kappa shape index (κ1) is 54.6. The predicted octanol–water partition coefficient (Wildman–Crippen LogP) is 9.79. The second-order valence-corrected chi connectivity index (χ2v) is 17.8. The van der Waals surface area contributed by atoms with Crippen molar-refractivity contribution in [3.8, 4) is 40.2 Å². The monoisotopic (exact) mass is 1040 g/mol. The van der Waals surface area contributed by atoms with Gasteiger partial charge < -0.3 is 46.8 Å². The average molecular weight is 1040 g/mol. The van der Waals surface area contributed by atoms with E-state index < -0.39 is 11.6 Å². The number of hydrogen-bond acceptors (Lipinski definition) is 18. The molecule has 0 unspecified atom stereocenters. The number of nitrogens with two attached hydrogens (primary N) is 1. The third kappa shape index (κ3) is 10.6. The molecule has 11 rings (SSSR count). The van der Waals surface area contributed by atoms with Crippen molar-refractivity contribution in [2.75, 3.05) is 11.1 Å². The van der Waals surface area contributed by atoms with Gasteiger partial charge >= 0.3 is 22.1 Å². The number of Topliss-reactive ketones (excluding diaryl/α,β-unsaturated/α-hetero) is 2. The Kier molecular flexibility index (Phi) is 16.0. The molecule has 0 saturated carbocycles. The van der Waals surface area contributed by atoms with Crippen LogP contribution in [0.25, 0.3) is 10.8 Å². The third-order valence-electron chi connectivity index (χ3n) is 12.8. The van der Waals surface area contributed by atoms with Gasteiger partial charge in [0.15, 0.2) is 34.7 Å². The molecule has 0 aliphatic heterocycles. The molecular formula is C58H49BN2O16. The van der Waals surface area contributed by atoms with Crippen molar-refractivity contribution in [2.45, 2.75) is 40.5 Å². The van der Waals surface area contributed by atoms with Crippen molar-refractivity contribution >= 4 is 69.9 Å². The Morgan fingerprint density at radius 1 is 0.468 bits per heavy atom. The van der Waals surface area contributed by atoms with E-state index in [1.165, 1.54) is 30.3 Å². The van der Waals surface area contributed by atoms with Gasteiger partial charge in [-0.05, 0) is 98.5 Å². The molecule has 0 fully saturated rings. The van der Waals surface area contributed by atoms with E-state index in [9.17, 15) is 59.4 Å². The molecule has 0 amide bonds. The number of aryl methyl sites for hydroxylation is 4. The summed E-state index contributed by atoms with van der Waals surface area (Å²) in [6, 6.07) is 31.5. The predicted molar refractivity (Wildman–Crippen MR) is 285 cm³/mol. The number of nitrogen functional groups attached to an aromatic ring is 1. The van der Waals surface area contributed by atoms with Crippen molar-refractivity contribution in [3.05, 3.63) is 199 Å². The molecule has 0 atom stereocenters. The molecule has 19 heteroatoms. The molecule has 77 heavy (non-hydrogen) atoms. The van der Waals surface area contributed by atoms with Crippen LogP contribution in [0, 0.1) is 27.7 Å². The maximum atomic E-state index is 13.1. The van der Waals surface area contributed by atoms with Gasteiger partial charge in [-0.2, -0.15) is 0 Å². The van der Waals surface area contributed by atoms with Crippen LogP contribution in [0.5, 0.6) is 40.2 Å². The van der Waals surface area contributed by atoms with Crippen molar-refractivity contribution in [3.63, 3.8) is 0 Å². The van der Waals surface area contributed by atoms with E-state index in [4.69, 9.17) is 20.8 Å². The van der Waals surface area contributed by atoms with Gasteiger partial charge in [0, 0.05) is 58.7 Å². The van der Waals surface area contributed by atoms with Gasteiger partial charge in [-0.3, -0.25) is 28.8 Å². The second-order valence-electron chi connectivity index (χ2n) is 17.8. The molecule has 8 aromatic rings. The van der Waals surface area contributed by atoms with Gasteiger partial charge in [-0.1, -0.05) is 72.8 Å². The van der Waals surface area contributed by atoms with Gasteiger partial charge in [0.05, 0.1) is 39.1 Å². The molecule has 0 saturated heterocycles. The SMILES string of the molecule is Cc1cc(O)cc(C)c1N.Cc1cc(O)cc(C)c1Nc1ccc(O)c2c1C(=O)c1ccccc1C2=O.O=BOO.O=C1CCC(=O)c2c1c(O)c1ccccc1c2O.O=C1c2ccccc2C(=O)c2c(O)ccc(O)c21.[HH]. The minimum absolute atomic E-state index is 0. The first-order chi connectivity index (χ1) is 36.6. The fraction of sp³-hybridized carbons (Fsp3) is 0.103. The van der Waals surface area contributed by atoms with Gasteiger partial charge in [-0.15, -0.1) is 0 Å². The number of fused-ring (bicyclic) bond motifs is 6. The number of rotatable bonds is 3. The molecular weight excluding hydrogens is 991 g/mol. The molecule has 18 nitrogen and oxygen atoms in total. The Hall–Kier alpha value is -10.1. The fourth-order valence-electron chi connectivity index (χ4n) is 9.15. The Morgan fingerprint density at radius 3 is 1.14 bits per heavy atom. The normalized spacial score (nSPS) is 12.4. The Balaban J connectivity index is 0.000000171. The van der Waals surface area contributed by atoms with Crippen LogP contribution in [-0.4, -0.2) is 83.1 Å². The average Bonchev–Trinajstić information content (AvgIpc) is 3.43. The van der Waals surface area contributed by atoms with Gasteiger partial charge in [-0.25, -0.2) is 0 Å². The second kappa shape index (κ2) is 22.5. The molecule has 0 heterocycles. The number of phenols is 7. The molecule has 0 bridgehead atoms. The summed E-state index contributed by atoms with van der Waals surface area (Å²) in [6.45, 7) is 7.43. The van der Waals surface area contributed by atoms with E-state index in [1.54, 1.807) is 91.0 Å². The maximum absolute atomic E-state index is 13.1. The molecule has 0 radical (unpaired) electrons. The summed E-state index contributed by atoms with van der Waals surface area (Å²) < 4.78 is 8.70. The third-order valence-corrected chi connectivity index (χ3v) is 12.8. The number of hydrogen-bond donors (Lipinski definition) is 10. The quantitative estimate of drug-likeness (QED) is 0.0259. The summed E-state index contributed by atoms with van der Waals surface area (Å²) in [5.41, 5.74) is 12.0. The van der Waals surface area contributed by atoms with Crippen LogP contribution in [0.4, 0.5) is 17.1 Å². The standard InChI is InChI=1S/C22H17NO4.C14H10O4.C14H8O4.C8H11NO.BHO3.H2/c1-11-9-13(24)10-12(2)20(11)23-16-7-8-17(25)19-18(16)21(26)14-5-3-4-6-15(14)22(19)27;2*15-9-5-6-10(16)12-11(9)13(17)7-3-1-2-4-8(7)14(12)18;1-5-3-7(10)4-6(2)8(5)9;2-1-4-3;/h3-10,23-25H,1-2H3;1-4,17-18H,5-6H2;1-6,15-16H;3-4,10H,9H2,1-2H3;3H;1H. The summed E-state index contributed by atoms with van der Waals surface area (Å²) >= 11 is 0. The van der Waals surface area contributed by atoms with Crippen LogP contribution in [0.2, 0.25) is 0 Å². The van der Waals surface area contributed by atoms with Crippen molar-refractivity contribution in [1.29, 1.82) is 0 Å². The van der Waals surface area contributed by atoms with Crippen LogP contribution < -0.4 is 11.1 Å². The molecule has 3 aliphatic carbocycles. The number of phenolic OH excluding ortho intramolecular Hbond substituents is 7. The van der Waals surface area contributed by atoms with E-state index in [0.29, 0.717) is 27.6 Å². The number of carbonyl (C=O) groups is 6. The Labute approximate surface area is 440 Å². The zero-order valence-corrected chi connectivity index (χ0v) is 41.5. The smallest absolute Gasteiger partial charge is 0.198 e. The summed E-state index contributed by atoms with van der Waals surface area (Å²) in [7, 11) is -0.0694. The van der Waals surface area contributed by atoms with Gasteiger partial charge in [0.1, 0.15) is 40.2 Å². The zero-order chi connectivity index (χ0) is 56.2. The van der Waals surface area contributed by atoms with Crippen LogP contribution in [-0.2, 0) is 9.51 Å².